The van der Waals surface area contributed by atoms with Crippen molar-refractivity contribution in [1.82, 2.24) is 19.9 Å². The van der Waals surface area contributed by atoms with Crippen LogP contribution < -0.4 is 5.32 Å². The van der Waals surface area contributed by atoms with Crippen LogP contribution in [0.2, 0.25) is 0 Å². The van der Waals surface area contributed by atoms with Gasteiger partial charge in [-0.3, -0.25) is 4.57 Å². The molecule has 0 aliphatic carbocycles. The Labute approximate surface area is 138 Å². The first-order valence-electron chi connectivity index (χ1n) is 7.73. The zero-order valence-corrected chi connectivity index (χ0v) is 13.5. The molecule has 0 saturated carbocycles. The molecule has 0 amide bonds. The number of H-pyrrole nitrogens is 1. The normalized spacial score (nSPS) is 11.3. The fraction of sp³-hybridized carbons (Fsp3) is 0.167. The minimum absolute atomic E-state index is 0.842. The van der Waals surface area contributed by atoms with Gasteiger partial charge in [0.15, 0.2) is 5.13 Å². The third-order valence-electron chi connectivity index (χ3n) is 4.01. The highest BCUT2D eigenvalue weighted by atomic mass is 32.1. The number of nitrogens with one attached hydrogen (secondary N) is 2. The number of aromatic amines is 1. The minimum atomic E-state index is 0.842. The molecule has 3 aromatic heterocycles. The van der Waals surface area contributed by atoms with Gasteiger partial charge in [-0.1, -0.05) is 18.2 Å². The molecule has 4 aromatic rings. The first-order chi connectivity index (χ1) is 11.4. The average molecular weight is 322 g/mol. The van der Waals surface area contributed by atoms with E-state index in [1.807, 2.05) is 11.6 Å². The van der Waals surface area contributed by atoms with Crippen LogP contribution in [0.15, 0.2) is 60.4 Å². The molecule has 0 radical (unpaired) electrons. The number of hydrogen-bond donors (Lipinski definition) is 2. The van der Waals surface area contributed by atoms with Gasteiger partial charge in [0.25, 0.3) is 0 Å². The summed E-state index contributed by atoms with van der Waals surface area (Å²) in [4.78, 5) is 7.70. The summed E-state index contributed by atoms with van der Waals surface area (Å²) in [5.41, 5.74) is 3.81. The van der Waals surface area contributed by atoms with Gasteiger partial charge >= 0.3 is 0 Å². The standard InChI is InChI=1S/C18H18N4S/c1-2-6-17-16(5-1)14(12-21-17)7-8-19-13-15-4-3-10-22(15)18-20-9-11-23-18/h1-6,9-12,19,21H,7-8,13H2. The van der Waals surface area contributed by atoms with Crippen LogP contribution >= 0.6 is 11.3 Å². The number of aromatic nitrogens is 3. The monoisotopic (exact) mass is 322 g/mol. The molecule has 0 aliphatic heterocycles. The summed E-state index contributed by atoms with van der Waals surface area (Å²) in [6.45, 7) is 1.79. The van der Waals surface area contributed by atoms with Crippen LogP contribution in [0.3, 0.4) is 0 Å². The number of benzene rings is 1. The van der Waals surface area contributed by atoms with Gasteiger partial charge in [-0.2, -0.15) is 0 Å². The number of thiazole rings is 1. The molecule has 1 aromatic carbocycles. The van der Waals surface area contributed by atoms with E-state index >= 15 is 0 Å². The zero-order chi connectivity index (χ0) is 15.5. The highest BCUT2D eigenvalue weighted by Crippen LogP contribution is 2.18. The molecule has 0 bridgehead atoms. The lowest BCUT2D eigenvalue weighted by Gasteiger charge is -2.07. The van der Waals surface area contributed by atoms with Crippen molar-refractivity contribution in [2.75, 3.05) is 6.54 Å². The topological polar surface area (TPSA) is 45.6 Å². The maximum atomic E-state index is 4.37. The Morgan fingerprint density at radius 1 is 1.17 bits per heavy atom. The summed E-state index contributed by atoms with van der Waals surface area (Å²) in [6.07, 6.45) is 7.04. The molecule has 5 heteroatoms. The number of fused-ring (bicyclic) bond motifs is 1. The Morgan fingerprint density at radius 2 is 2.13 bits per heavy atom. The van der Waals surface area contributed by atoms with Gasteiger partial charge in [-0.25, -0.2) is 4.98 Å². The molecule has 116 valence electrons. The van der Waals surface area contributed by atoms with Gasteiger partial charge in [-0.15, -0.1) is 11.3 Å². The zero-order valence-electron chi connectivity index (χ0n) is 12.7. The van der Waals surface area contributed by atoms with Crippen LogP contribution in [0.25, 0.3) is 16.0 Å². The lowest BCUT2D eigenvalue weighted by Crippen LogP contribution is -2.18. The molecule has 0 spiro atoms. The summed E-state index contributed by atoms with van der Waals surface area (Å²) in [5, 5.41) is 7.88. The number of hydrogen-bond acceptors (Lipinski definition) is 3. The van der Waals surface area contributed by atoms with E-state index in [-0.39, 0.29) is 0 Å². The molecule has 0 atom stereocenters. The van der Waals surface area contributed by atoms with Crippen molar-refractivity contribution in [2.45, 2.75) is 13.0 Å². The van der Waals surface area contributed by atoms with E-state index in [0.29, 0.717) is 0 Å². The summed E-state index contributed by atoms with van der Waals surface area (Å²) >= 11 is 1.65. The Morgan fingerprint density at radius 3 is 3.04 bits per heavy atom. The van der Waals surface area contributed by atoms with Crippen molar-refractivity contribution >= 4 is 22.2 Å². The van der Waals surface area contributed by atoms with Crippen molar-refractivity contribution in [3.05, 3.63) is 71.6 Å². The van der Waals surface area contributed by atoms with Crippen molar-refractivity contribution < 1.29 is 0 Å². The Bertz CT molecular complexity index is 889. The molecule has 23 heavy (non-hydrogen) atoms. The second-order valence-electron chi connectivity index (χ2n) is 5.47. The molecule has 0 saturated heterocycles. The Kier molecular flexibility index (Phi) is 3.96. The summed E-state index contributed by atoms with van der Waals surface area (Å²) in [5.74, 6) is 0. The quantitative estimate of drug-likeness (QED) is 0.531. The predicted octanol–water partition coefficient (Wildman–Crippen LogP) is 3.75. The van der Waals surface area contributed by atoms with Gasteiger partial charge < -0.3 is 10.3 Å². The van der Waals surface area contributed by atoms with E-state index in [2.05, 4.69) is 68.6 Å². The van der Waals surface area contributed by atoms with Crippen LogP contribution in [0, 0.1) is 0 Å². The lowest BCUT2D eigenvalue weighted by atomic mass is 10.1. The highest BCUT2D eigenvalue weighted by molar-refractivity contribution is 7.12. The van der Waals surface area contributed by atoms with E-state index in [9.17, 15) is 0 Å². The van der Waals surface area contributed by atoms with Gasteiger partial charge in [0.1, 0.15) is 0 Å². The number of nitrogens with zero attached hydrogens (tertiary/aromatic N) is 2. The second kappa shape index (κ2) is 6.40. The largest absolute Gasteiger partial charge is 0.361 e. The van der Waals surface area contributed by atoms with E-state index < -0.39 is 0 Å². The third-order valence-corrected chi connectivity index (χ3v) is 4.78. The van der Waals surface area contributed by atoms with Crippen LogP contribution in [0.5, 0.6) is 0 Å². The molecular formula is C18H18N4S. The van der Waals surface area contributed by atoms with Gasteiger partial charge in [-0.05, 0) is 36.7 Å². The van der Waals surface area contributed by atoms with E-state index in [1.54, 1.807) is 11.3 Å². The number of rotatable bonds is 6. The molecular weight excluding hydrogens is 304 g/mol. The molecule has 0 fully saturated rings. The SMILES string of the molecule is c1ccc2c(CCNCc3cccn3-c3nccs3)c[nH]c2c1. The summed E-state index contributed by atoms with van der Waals surface area (Å²) < 4.78 is 2.14. The van der Waals surface area contributed by atoms with Gasteiger partial charge in [0.05, 0.1) is 0 Å². The second-order valence-corrected chi connectivity index (χ2v) is 6.34. The fourth-order valence-corrected chi connectivity index (χ4v) is 3.52. The minimum Gasteiger partial charge on any atom is -0.361 e. The first kappa shape index (κ1) is 14.2. The van der Waals surface area contributed by atoms with E-state index in [4.69, 9.17) is 0 Å². The highest BCUT2D eigenvalue weighted by Gasteiger charge is 2.06. The maximum absolute atomic E-state index is 4.37. The molecule has 0 unspecified atom stereocenters. The van der Waals surface area contributed by atoms with Gasteiger partial charge in [0.2, 0.25) is 0 Å². The summed E-state index contributed by atoms with van der Waals surface area (Å²) in [7, 11) is 0. The predicted molar refractivity (Wildman–Crippen MR) is 95.2 cm³/mol. The van der Waals surface area contributed by atoms with Crippen LogP contribution in [-0.4, -0.2) is 21.1 Å². The molecule has 4 rings (SSSR count). The average Bonchev–Trinajstić information content (AvgIpc) is 3.31. The number of para-hydroxylation sites is 1. The van der Waals surface area contributed by atoms with Crippen LogP contribution in [0.1, 0.15) is 11.3 Å². The molecule has 4 nitrogen and oxygen atoms in total. The van der Waals surface area contributed by atoms with Crippen molar-refractivity contribution in [2.24, 2.45) is 0 Å². The molecule has 3 heterocycles. The molecule has 2 N–H and O–H groups in total. The van der Waals surface area contributed by atoms with Gasteiger partial charge in [0, 0.05) is 47.1 Å². The molecule has 0 aliphatic rings. The van der Waals surface area contributed by atoms with Crippen molar-refractivity contribution in [1.29, 1.82) is 0 Å². The van der Waals surface area contributed by atoms with Crippen LogP contribution in [-0.2, 0) is 13.0 Å². The smallest absolute Gasteiger partial charge is 0.193 e. The summed E-state index contributed by atoms with van der Waals surface area (Å²) in [6, 6.07) is 12.7. The fourth-order valence-electron chi connectivity index (χ4n) is 2.86. The lowest BCUT2D eigenvalue weighted by molar-refractivity contribution is 0.666. The Balaban J connectivity index is 1.37. The maximum Gasteiger partial charge on any atom is 0.193 e. The van der Waals surface area contributed by atoms with Crippen molar-refractivity contribution in [3.63, 3.8) is 0 Å². The van der Waals surface area contributed by atoms with E-state index in [1.165, 1.54) is 22.2 Å². The first-order valence-corrected chi connectivity index (χ1v) is 8.61. The Hall–Kier alpha value is -2.37. The van der Waals surface area contributed by atoms with Crippen molar-refractivity contribution in [3.8, 4) is 5.13 Å². The third kappa shape index (κ3) is 2.93. The van der Waals surface area contributed by atoms with E-state index in [0.717, 1.165) is 24.6 Å². The van der Waals surface area contributed by atoms with Crippen LogP contribution in [0.4, 0.5) is 0 Å².